The van der Waals surface area contributed by atoms with Crippen molar-refractivity contribution < 1.29 is 19.4 Å². The van der Waals surface area contributed by atoms with Crippen molar-refractivity contribution in [1.82, 2.24) is 5.32 Å². The highest BCUT2D eigenvalue weighted by molar-refractivity contribution is 8.18. The summed E-state index contributed by atoms with van der Waals surface area (Å²) >= 11 is 1.28. The van der Waals surface area contributed by atoms with E-state index < -0.39 is 5.97 Å². The molecule has 0 aromatic heterocycles. The lowest BCUT2D eigenvalue weighted by Crippen LogP contribution is -2.19. The van der Waals surface area contributed by atoms with Gasteiger partial charge in [-0.25, -0.2) is 9.79 Å². The number of nitrogens with zero attached hydrogens (tertiary/aromatic N) is 1. The highest BCUT2D eigenvalue weighted by atomic mass is 32.2. The van der Waals surface area contributed by atoms with E-state index in [1.165, 1.54) is 11.8 Å². The number of benzene rings is 3. The molecule has 1 amide bonds. The van der Waals surface area contributed by atoms with Gasteiger partial charge in [-0.1, -0.05) is 48.0 Å². The molecule has 1 fully saturated rings. The summed E-state index contributed by atoms with van der Waals surface area (Å²) in [5, 5.41) is 12.3. The lowest BCUT2D eigenvalue weighted by atomic mass is 10.1. The van der Waals surface area contributed by atoms with E-state index >= 15 is 0 Å². The van der Waals surface area contributed by atoms with Gasteiger partial charge in [0.1, 0.15) is 12.4 Å². The number of amides is 1. The number of carboxylic acids is 1. The molecule has 1 aliphatic heterocycles. The smallest absolute Gasteiger partial charge is 0.335 e. The number of ether oxygens (including phenoxy) is 1. The number of hydrogen-bond acceptors (Lipinski definition) is 5. The zero-order valence-corrected chi connectivity index (χ0v) is 18.1. The van der Waals surface area contributed by atoms with Crippen molar-refractivity contribution in [3.63, 3.8) is 0 Å². The Labute approximate surface area is 189 Å². The molecule has 0 saturated carbocycles. The van der Waals surface area contributed by atoms with E-state index in [9.17, 15) is 9.59 Å². The van der Waals surface area contributed by atoms with E-state index in [1.54, 1.807) is 30.3 Å². The molecular weight excluding hydrogens is 424 g/mol. The average Bonchev–Trinajstić information content (AvgIpc) is 3.13. The van der Waals surface area contributed by atoms with Crippen LogP contribution in [0.3, 0.4) is 0 Å². The van der Waals surface area contributed by atoms with Crippen molar-refractivity contribution in [2.45, 2.75) is 13.5 Å². The van der Waals surface area contributed by atoms with Crippen LogP contribution in [-0.2, 0) is 11.4 Å². The molecule has 0 aliphatic carbocycles. The van der Waals surface area contributed by atoms with Crippen LogP contribution in [0.25, 0.3) is 6.08 Å². The number of aryl methyl sites for hydroxylation is 1. The summed E-state index contributed by atoms with van der Waals surface area (Å²) < 4.78 is 5.94. The predicted molar refractivity (Wildman–Crippen MR) is 126 cm³/mol. The Bertz CT molecular complexity index is 1220. The average molecular weight is 445 g/mol. The number of aromatic carboxylic acids is 1. The number of hydrogen-bond donors (Lipinski definition) is 2. The molecular formula is C25H20N2O4S. The predicted octanol–water partition coefficient (Wildman–Crippen LogP) is 5.16. The van der Waals surface area contributed by atoms with Gasteiger partial charge in [-0.2, -0.15) is 0 Å². The van der Waals surface area contributed by atoms with Crippen molar-refractivity contribution in [2.75, 3.05) is 0 Å². The van der Waals surface area contributed by atoms with Crippen LogP contribution in [0.4, 0.5) is 5.69 Å². The molecule has 3 aromatic rings. The molecule has 0 spiro atoms. The fourth-order valence-electron chi connectivity index (χ4n) is 2.99. The van der Waals surface area contributed by atoms with Crippen LogP contribution in [0.15, 0.2) is 82.7 Å². The molecule has 0 atom stereocenters. The molecule has 3 aromatic carbocycles. The quantitative estimate of drug-likeness (QED) is 0.513. The third-order valence-corrected chi connectivity index (χ3v) is 5.63. The highest BCUT2D eigenvalue weighted by Crippen LogP contribution is 2.31. The molecule has 4 rings (SSSR count). The number of amidine groups is 1. The minimum Gasteiger partial charge on any atom is -0.488 e. The Kier molecular flexibility index (Phi) is 6.37. The van der Waals surface area contributed by atoms with Gasteiger partial charge in [0.15, 0.2) is 5.17 Å². The van der Waals surface area contributed by atoms with Gasteiger partial charge < -0.3 is 15.2 Å². The Hall–Kier alpha value is -3.84. The van der Waals surface area contributed by atoms with Crippen molar-refractivity contribution in [3.8, 4) is 5.75 Å². The number of carbonyl (C=O) groups is 2. The number of carboxylic acid groups (broad SMARTS) is 1. The minimum atomic E-state index is -0.966. The molecule has 0 bridgehead atoms. The fraction of sp³-hybridized carbons (Fsp3) is 0.0800. The lowest BCUT2D eigenvalue weighted by Gasteiger charge is -2.10. The van der Waals surface area contributed by atoms with Crippen LogP contribution in [-0.4, -0.2) is 22.2 Å². The Balaban J connectivity index is 1.49. The molecule has 7 heteroatoms. The molecule has 1 heterocycles. The molecule has 6 nitrogen and oxygen atoms in total. The van der Waals surface area contributed by atoms with Crippen molar-refractivity contribution >= 4 is 40.6 Å². The van der Waals surface area contributed by atoms with Crippen molar-refractivity contribution in [3.05, 3.63) is 100.0 Å². The number of para-hydroxylation sites is 1. The van der Waals surface area contributed by atoms with E-state index in [4.69, 9.17) is 9.84 Å². The Morgan fingerprint density at radius 2 is 1.78 bits per heavy atom. The number of thioether (sulfide) groups is 1. The first-order chi connectivity index (χ1) is 15.5. The maximum Gasteiger partial charge on any atom is 0.335 e. The van der Waals surface area contributed by atoms with Gasteiger partial charge in [0.2, 0.25) is 0 Å². The van der Waals surface area contributed by atoms with Crippen LogP contribution < -0.4 is 10.1 Å². The van der Waals surface area contributed by atoms with Gasteiger partial charge in [-0.15, -0.1) is 0 Å². The number of rotatable bonds is 6. The first kappa shape index (κ1) is 21.4. The molecule has 32 heavy (non-hydrogen) atoms. The lowest BCUT2D eigenvalue weighted by molar-refractivity contribution is -0.115. The maximum absolute atomic E-state index is 12.4. The third kappa shape index (κ3) is 5.25. The highest BCUT2D eigenvalue weighted by Gasteiger charge is 2.24. The second-order valence-corrected chi connectivity index (χ2v) is 8.18. The zero-order chi connectivity index (χ0) is 22.5. The molecule has 1 aliphatic rings. The van der Waals surface area contributed by atoms with Crippen molar-refractivity contribution in [1.29, 1.82) is 0 Å². The first-order valence-electron chi connectivity index (χ1n) is 9.88. The van der Waals surface area contributed by atoms with Gasteiger partial charge >= 0.3 is 5.97 Å². The number of carbonyl (C=O) groups excluding carboxylic acids is 1. The van der Waals surface area contributed by atoms with Gasteiger partial charge in [0.25, 0.3) is 5.91 Å². The maximum atomic E-state index is 12.4. The first-order valence-corrected chi connectivity index (χ1v) is 10.7. The van der Waals surface area contributed by atoms with E-state index in [0.29, 0.717) is 15.8 Å². The number of nitrogens with one attached hydrogen (secondary N) is 1. The SMILES string of the molecule is Cc1ccc(N=C2NC(=O)/C(=C/c3ccccc3OCc3ccc(C(=O)O)cc3)S2)cc1. The van der Waals surface area contributed by atoms with E-state index in [2.05, 4.69) is 10.3 Å². The second kappa shape index (κ2) is 9.53. The van der Waals surface area contributed by atoms with Crippen molar-refractivity contribution in [2.24, 2.45) is 4.99 Å². The summed E-state index contributed by atoms with van der Waals surface area (Å²) in [5.41, 5.74) is 3.76. The monoisotopic (exact) mass is 444 g/mol. The molecule has 160 valence electrons. The van der Waals surface area contributed by atoms with Gasteiger partial charge in [0, 0.05) is 5.56 Å². The van der Waals surface area contributed by atoms with E-state index in [-0.39, 0.29) is 18.1 Å². The molecule has 2 N–H and O–H groups in total. The Morgan fingerprint density at radius 1 is 1.06 bits per heavy atom. The van der Waals surface area contributed by atoms with Crippen LogP contribution in [0.1, 0.15) is 27.0 Å². The summed E-state index contributed by atoms with van der Waals surface area (Å²) in [5.74, 6) is -0.549. The van der Waals surface area contributed by atoms with Crippen LogP contribution >= 0.6 is 11.8 Å². The van der Waals surface area contributed by atoms with Crippen LogP contribution in [0.5, 0.6) is 5.75 Å². The number of aliphatic imine (C=N–C) groups is 1. The molecule has 0 unspecified atom stereocenters. The van der Waals surface area contributed by atoms with Crippen LogP contribution in [0.2, 0.25) is 0 Å². The summed E-state index contributed by atoms with van der Waals surface area (Å²) in [4.78, 5) is 28.4. The van der Waals surface area contributed by atoms with Gasteiger partial charge in [0.05, 0.1) is 16.2 Å². The van der Waals surface area contributed by atoms with Gasteiger partial charge in [-0.3, -0.25) is 4.79 Å². The molecule has 0 radical (unpaired) electrons. The Morgan fingerprint density at radius 3 is 2.50 bits per heavy atom. The van der Waals surface area contributed by atoms with Gasteiger partial charge in [-0.05, 0) is 60.7 Å². The van der Waals surface area contributed by atoms with E-state index in [0.717, 1.165) is 22.4 Å². The standard InChI is InChI=1S/C25H20N2O4S/c1-16-6-12-20(13-7-16)26-25-27-23(28)22(32-25)14-19-4-2-3-5-21(19)31-15-17-8-10-18(11-9-17)24(29)30/h2-14H,15H2,1H3,(H,29,30)(H,26,27,28)/b22-14-. The minimum absolute atomic E-state index is 0.208. The largest absolute Gasteiger partial charge is 0.488 e. The topological polar surface area (TPSA) is 88.0 Å². The summed E-state index contributed by atoms with van der Waals surface area (Å²) in [6.45, 7) is 2.29. The van der Waals surface area contributed by atoms with Crippen LogP contribution in [0, 0.1) is 6.92 Å². The molecule has 1 saturated heterocycles. The zero-order valence-electron chi connectivity index (χ0n) is 17.2. The summed E-state index contributed by atoms with van der Waals surface area (Å²) in [6.07, 6.45) is 1.78. The third-order valence-electron chi connectivity index (χ3n) is 4.72. The summed E-state index contributed by atoms with van der Waals surface area (Å²) in [6, 6.07) is 21.7. The van der Waals surface area contributed by atoms with E-state index in [1.807, 2.05) is 55.5 Å². The summed E-state index contributed by atoms with van der Waals surface area (Å²) in [7, 11) is 0. The second-order valence-electron chi connectivity index (χ2n) is 7.15. The normalized spacial score (nSPS) is 15.7. The fourth-order valence-corrected chi connectivity index (χ4v) is 3.83.